The molecule has 0 radical (unpaired) electrons. The van der Waals surface area contributed by atoms with E-state index in [1.54, 1.807) is 4.90 Å². The third kappa shape index (κ3) is 4.84. The summed E-state index contributed by atoms with van der Waals surface area (Å²) in [6.45, 7) is 2.27. The van der Waals surface area contributed by atoms with Crippen molar-refractivity contribution in [2.75, 3.05) is 31.2 Å². The van der Waals surface area contributed by atoms with Gasteiger partial charge in [-0.2, -0.15) is 0 Å². The van der Waals surface area contributed by atoms with Gasteiger partial charge in [0.25, 0.3) is 0 Å². The molecule has 3 aliphatic rings. The van der Waals surface area contributed by atoms with Crippen molar-refractivity contribution in [3.05, 3.63) is 101 Å². The second-order valence-corrected chi connectivity index (χ2v) is 10.9. The van der Waals surface area contributed by atoms with Crippen LogP contribution in [0.3, 0.4) is 0 Å². The van der Waals surface area contributed by atoms with Crippen molar-refractivity contribution in [2.45, 2.75) is 43.7 Å². The lowest BCUT2D eigenvalue weighted by Crippen LogP contribution is -2.58. The SMILES string of the molecule is Cl.O=C(CN1CN(c2ccccc2)C2(CCN(C3CCc4cccc(Cl)c4C3)CC2)C1=O)c1ccccc1. The highest BCUT2D eigenvalue weighted by Crippen LogP contribution is 2.41. The maximum absolute atomic E-state index is 14.0. The van der Waals surface area contributed by atoms with Crippen LogP contribution < -0.4 is 4.90 Å². The highest BCUT2D eigenvalue weighted by molar-refractivity contribution is 6.31. The van der Waals surface area contributed by atoms with E-state index in [-0.39, 0.29) is 30.6 Å². The molecule has 198 valence electrons. The number of hydrogen-bond donors (Lipinski definition) is 0. The number of carbonyl (C=O) groups is 2. The Labute approximate surface area is 235 Å². The molecule has 3 aromatic carbocycles. The maximum Gasteiger partial charge on any atom is 0.250 e. The van der Waals surface area contributed by atoms with Gasteiger partial charge in [-0.25, -0.2) is 0 Å². The van der Waals surface area contributed by atoms with Gasteiger partial charge in [-0.05, 0) is 61.4 Å². The van der Waals surface area contributed by atoms with Gasteiger partial charge < -0.3 is 9.80 Å². The van der Waals surface area contributed by atoms with Gasteiger partial charge in [0.05, 0.1) is 13.2 Å². The number of benzene rings is 3. The predicted octanol–water partition coefficient (Wildman–Crippen LogP) is 5.64. The van der Waals surface area contributed by atoms with Crippen molar-refractivity contribution in [3.63, 3.8) is 0 Å². The van der Waals surface area contributed by atoms with Crippen molar-refractivity contribution in [1.82, 2.24) is 9.80 Å². The molecule has 1 aliphatic carbocycles. The minimum atomic E-state index is -0.612. The van der Waals surface area contributed by atoms with E-state index in [2.05, 4.69) is 28.0 Å². The number of Topliss-reactive ketones (excluding diaryl/α,β-unsaturated/α-hetero) is 1. The van der Waals surface area contributed by atoms with Gasteiger partial charge in [0, 0.05) is 35.4 Å². The van der Waals surface area contributed by atoms with Gasteiger partial charge >= 0.3 is 0 Å². The Morgan fingerprint density at radius 1 is 0.921 bits per heavy atom. The van der Waals surface area contributed by atoms with Crippen molar-refractivity contribution < 1.29 is 9.59 Å². The smallest absolute Gasteiger partial charge is 0.250 e. The average Bonchev–Trinajstić information content (AvgIpc) is 3.20. The third-order valence-electron chi connectivity index (χ3n) is 8.56. The summed E-state index contributed by atoms with van der Waals surface area (Å²) in [6.07, 6.45) is 4.64. The van der Waals surface area contributed by atoms with E-state index < -0.39 is 5.54 Å². The molecule has 5 nitrogen and oxygen atoms in total. The summed E-state index contributed by atoms with van der Waals surface area (Å²) < 4.78 is 0. The third-order valence-corrected chi connectivity index (χ3v) is 8.91. The molecule has 38 heavy (non-hydrogen) atoms. The zero-order valence-corrected chi connectivity index (χ0v) is 23.0. The van der Waals surface area contributed by atoms with Crippen LogP contribution in [0.2, 0.25) is 5.02 Å². The number of nitrogens with zero attached hydrogens (tertiary/aromatic N) is 3. The van der Waals surface area contributed by atoms with Gasteiger partial charge in [0.2, 0.25) is 5.91 Å². The van der Waals surface area contributed by atoms with Crippen LogP contribution in [-0.4, -0.2) is 59.4 Å². The van der Waals surface area contributed by atoms with Crippen molar-refractivity contribution in [2.24, 2.45) is 0 Å². The van der Waals surface area contributed by atoms with Gasteiger partial charge in [-0.15, -0.1) is 12.4 Å². The second kappa shape index (κ2) is 11.1. The summed E-state index contributed by atoms with van der Waals surface area (Å²) in [6, 6.07) is 26.1. The summed E-state index contributed by atoms with van der Waals surface area (Å²) in [5.41, 5.74) is 3.73. The molecule has 1 atom stereocenters. The number of ketones is 1. The monoisotopic (exact) mass is 549 g/mol. The van der Waals surface area contributed by atoms with E-state index in [1.807, 2.05) is 60.7 Å². The van der Waals surface area contributed by atoms with Crippen molar-refractivity contribution in [3.8, 4) is 0 Å². The number of rotatable bonds is 5. The first-order valence-electron chi connectivity index (χ1n) is 13.3. The Kier molecular flexibility index (Phi) is 7.80. The lowest BCUT2D eigenvalue weighted by molar-refractivity contribution is -0.133. The first kappa shape index (κ1) is 26.7. The standard InChI is InChI=1S/C31H32ClN3O2.ClH/c32-28-13-7-10-23-14-15-26(20-27(23)28)33-18-16-31(17-19-33)30(37)34(21-29(36)24-8-3-1-4-9-24)22-35(31)25-11-5-2-6-12-25;/h1-13,26H,14-22H2;1H. The van der Waals surface area contributed by atoms with Crippen molar-refractivity contribution in [1.29, 1.82) is 0 Å². The summed E-state index contributed by atoms with van der Waals surface area (Å²) in [5, 5.41) is 0.871. The number of amides is 1. The zero-order valence-electron chi connectivity index (χ0n) is 21.4. The van der Waals surface area contributed by atoms with Gasteiger partial charge in [-0.3, -0.25) is 14.5 Å². The van der Waals surface area contributed by atoms with Crippen LogP contribution in [0, 0.1) is 0 Å². The molecule has 0 bridgehead atoms. The zero-order chi connectivity index (χ0) is 25.4. The summed E-state index contributed by atoms with van der Waals surface area (Å²) >= 11 is 6.55. The molecule has 2 heterocycles. The van der Waals surface area contributed by atoms with Crippen LogP contribution in [0.25, 0.3) is 0 Å². The minimum Gasteiger partial charge on any atom is -0.339 e. The first-order chi connectivity index (χ1) is 18.0. The van der Waals surface area contributed by atoms with Gasteiger partial charge in [0.1, 0.15) is 5.54 Å². The highest BCUT2D eigenvalue weighted by atomic mass is 35.5. The molecular weight excluding hydrogens is 517 g/mol. The molecule has 2 aliphatic heterocycles. The molecular formula is C31H33Cl2N3O2. The van der Waals surface area contributed by atoms with E-state index in [0.717, 1.165) is 55.9 Å². The molecule has 0 saturated carbocycles. The fourth-order valence-corrected chi connectivity index (χ4v) is 6.78. The summed E-state index contributed by atoms with van der Waals surface area (Å²) in [4.78, 5) is 33.6. The normalized spacial score (nSPS) is 20.8. The molecule has 2 fully saturated rings. The summed E-state index contributed by atoms with van der Waals surface area (Å²) in [7, 11) is 0. The number of halogens is 2. The van der Waals surface area contributed by atoms with Crippen LogP contribution in [0.4, 0.5) is 5.69 Å². The van der Waals surface area contributed by atoms with E-state index in [0.29, 0.717) is 18.3 Å². The molecule has 3 aromatic rings. The Hall–Kier alpha value is -2.86. The minimum absolute atomic E-state index is 0. The first-order valence-corrected chi connectivity index (χ1v) is 13.6. The Morgan fingerprint density at radius 2 is 1.61 bits per heavy atom. The Morgan fingerprint density at radius 3 is 2.32 bits per heavy atom. The van der Waals surface area contributed by atoms with Gasteiger partial charge in [-0.1, -0.05) is 72.3 Å². The van der Waals surface area contributed by atoms with Crippen LogP contribution in [0.5, 0.6) is 0 Å². The fraction of sp³-hybridized carbons (Fsp3) is 0.355. The number of fused-ring (bicyclic) bond motifs is 1. The summed E-state index contributed by atoms with van der Waals surface area (Å²) in [5.74, 6) is 0.0616. The number of likely N-dealkylation sites (tertiary alicyclic amines) is 1. The predicted molar refractivity (Wildman–Crippen MR) is 154 cm³/mol. The molecule has 0 aromatic heterocycles. The van der Waals surface area contributed by atoms with Crippen LogP contribution in [0.15, 0.2) is 78.9 Å². The number of carbonyl (C=O) groups excluding carboxylic acids is 2. The van der Waals surface area contributed by atoms with Crippen molar-refractivity contribution >= 4 is 41.4 Å². The number of hydrogen-bond acceptors (Lipinski definition) is 4. The molecule has 0 N–H and O–H groups in total. The van der Waals surface area contributed by atoms with E-state index >= 15 is 0 Å². The number of anilines is 1. The average molecular weight is 551 g/mol. The van der Waals surface area contributed by atoms with Crippen LogP contribution in [-0.2, 0) is 17.6 Å². The largest absolute Gasteiger partial charge is 0.339 e. The lowest BCUT2D eigenvalue weighted by atomic mass is 9.82. The van der Waals surface area contributed by atoms with E-state index in [9.17, 15) is 9.59 Å². The van der Waals surface area contributed by atoms with Gasteiger partial charge in [0.15, 0.2) is 5.78 Å². The highest BCUT2D eigenvalue weighted by Gasteiger charge is 2.54. The van der Waals surface area contributed by atoms with Crippen LogP contribution >= 0.6 is 24.0 Å². The molecule has 7 heteroatoms. The Balaban J connectivity index is 0.00000294. The molecule has 1 amide bonds. The van der Waals surface area contributed by atoms with E-state index in [4.69, 9.17) is 11.6 Å². The fourth-order valence-electron chi connectivity index (χ4n) is 6.51. The molecule has 1 spiro atoms. The van der Waals surface area contributed by atoms with Crippen LogP contribution in [0.1, 0.15) is 40.7 Å². The molecule has 1 unspecified atom stereocenters. The topological polar surface area (TPSA) is 43.9 Å². The molecule has 2 saturated heterocycles. The molecule has 6 rings (SSSR count). The second-order valence-electron chi connectivity index (χ2n) is 10.5. The van der Waals surface area contributed by atoms with E-state index in [1.165, 1.54) is 11.1 Å². The Bertz CT molecular complexity index is 1290. The number of para-hydroxylation sites is 1. The quantitative estimate of drug-likeness (QED) is 0.386. The lowest BCUT2D eigenvalue weighted by Gasteiger charge is -2.46. The number of piperidine rings is 1. The number of aryl methyl sites for hydroxylation is 1. The maximum atomic E-state index is 14.0.